The molecular formula is C36H45Cl2FN2O5Si. The van der Waals surface area contributed by atoms with Crippen LogP contribution in [-0.4, -0.2) is 62.7 Å². The Morgan fingerprint density at radius 1 is 0.915 bits per heavy atom. The van der Waals surface area contributed by atoms with E-state index in [0.29, 0.717) is 0 Å². The molecule has 7 nitrogen and oxygen atoms in total. The molecule has 0 saturated carbocycles. The molecule has 4 rings (SSSR count). The van der Waals surface area contributed by atoms with E-state index in [1.165, 1.54) is 11.0 Å². The van der Waals surface area contributed by atoms with Crippen LogP contribution in [0.3, 0.4) is 0 Å². The number of hydrogen-bond donors (Lipinski definition) is 1. The van der Waals surface area contributed by atoms with Gasteiger partial charge in [-0.25, -0.2) is 9.18 Å². The molecule has 1 aliphatic rings. The molecule has 2 amide bonds. The van der Waals surface area contributed by atoms with Crippen molar-refractivity contribution >= 4 is 53.9 Å². The van der Waals surface area contributed by atoms with Gasteiger partial charge < -0.3 is 19.2 Å². The lowest BCUT2D eigenvalue weighted by Gasteiger charge is -2.46. The first kappa shape index (κ1) is 36.9. The Morgan fingerprint density at radius 2 is 1.45 bits per heavy atom. The van der Waals surface area contributed by atoms with Gasteiger partial charge in [0.1, 0.15) is 11.4 Å². The van der Waals surface area contributed by atoms with Crippen molar-refractivity contribution in [1.82, 2.24) is 10.2 Å². The second-order valence-corrected chi connectivity index (χ2v) is 19.6. The molecule has 1 heterocycles. The van der Waals surface area contributed by atoms with Crippen LogP contribution in [0.1, 0.15) is 61.0 Å². The lowest BCUT2D eigenvalue weighted by molar-refractivity contribution is -0.144. The van der Waals surface area contributed by atoms with Gasteiger partial charge in [-0.05, 0) is 62.2 Å². The van der Waals surface area contributed by atoms with Crippen molar-refractivity contribution in [2.75, 3.05) is 19.8 Å². The Labute approximate surface area is 288 Å². The van der Waals surface area contributed by atoms with Crippen LogP contribution in [0.4, 0.5) is 9.18 Å². The second kappa shape index (κ2) is 14.3. The smallest absolute Gasteiger partial charge is 0.410 e. The molecule has 1 saturated heterocycles. The van der Waals surface area contributed by atoms with Gasteiger partial charge in [-0.2, -0.15) is 0 Å². The summed E-state index contributed by atoms with van der Waals surface area (Å²) < 4.78 is 33.9. The number of morpholine rings is 1. The summed E-state index contributed by atoms with van der Waals surface area (Å²) in [5.74, 6) is -1.12. The fourth-order valence-electron chi connectivity index (χ4n) is 5.98. The molecule has 3 aromatic carbocycles. The number of halogens is 3. The van der Waals surface area contributed by atoms with Crippen molar-refractivity contribution < 1.29 is 27.9 Å². The highest BCUT2D eigenvalue weighted by molar-refractivity contribution is 6.99. The Bertz CT molecular complexity index is 1520. The first-order valence-electron chi connectivity index (χ1n) is 15.7. The average molecular weight is 704 g/mol. The summed E-state index contributed by atoms with van der Waals surface area (Å²) in [6.07, 6.45) is -1.62. The van der Waals surface area contributed by atoms with Crippen LogP contribution in [0.25, 0.3) is 0 Å². The summed E-state index contributed by atoms with van der Waals surface area (Å²) in [5, 5.41) is 5.03. The predicted molar refractivity (Wildman–Crippen MR) is 188 cm³/mol. The number of ether oxygens (including phenoxy) is 2. The van der Waals surface area contributed by atoms with E-state index in [1.807, 2.05) is 36.4 Å². The minimum absolute atomic E-state index is 0.0249. The molecule has 0 radical (unpaired) electrons. The fraction of sp³-hybridized carbons (Fsp3) is 0.444. The van der Waals surface area contributed by atoms with Crippen molar-refractivity contribution in [2.24, 2.45) is 0 Å². The molecule has 0 bridgehead atoms. The molecule has 0 aromatic heterocycles. The first-order valence-corrected chi connectivity index (χ1v) is 18.4. The maximum absolute atomic E-state index is 14.9. The molecule has 1 fully saturated rings. The zero-order valence-electron chi connectivity index (χ0n) is 28.3. The normalized spacial score (nSPS) is 17.7. The number of carbonyl (C=O) groups is 2. The number of benzene rings is 3. The Hall–Kier alpha value is -2.95. The molecule has 0 aliphatic carbocycles. The van der Waals surface area contributed by atoms with Gasteiger partial charge >= 0.3 is 6.09 Å². The summed E-state index contributed by atoms with van der Waals surface area (Å²) in [4.78, 5) is 28.8. The number of hydrogen-bond acceptors (Lipinski definition) is 5. The standard InChI is InChI=1S/C36H45Cl2FN2O5Si/c1-34(2,3)46-33(43)41-21-31(32(42)40-36(7,8)27-19-28(37)29(38)20-30(27)39)44-22-24(41)23-45-47(35(4,5)6,25-15-11-9-12-16-25)26-17-13-10-14-18-26/h9-20,24,31H,21-23H2,1-8H3,(H,40,42)/t24-,31-/m0/s1. The van der Waals surface area contributed by atoms with E-state index in [-0.39, 0.29) is 40.4 Å². The molecule has 11 heteroatoms. The molecule has 0 unspecified atom stereocenters. The topological polar surface area (TPSA) is 77.1 Å². The van der Waals surface area contributed by atoms with Gasteiger partial charge in [0.15, 0.2) is 6.10 Å². The van der Waals surface area contributed by atoms with E-state index in [4.69, 9.17) is 37.1 Å². The average Bonchev–Trinajstić information content (AvgIpc) is 2.98. The number of amides is 2. The SMILES string of the molecule is CC(C)(C)OC(=O)N1C[C@@H](C(=O)NC(C)(C)c2cc(Cl)c(Cl)cc2F)OC[C@H]1CO[Si](c1ccccc1)(c1ccccc1)C(C)(C)C. The maximum atomic E-state index is 14.9. The number of carbonyl (C=O) groups excluding carboxylic acids is 2. The van der Waals surface area contributed by atoms with Crippen molar-refractivity contribution in [1.29, 1.82) is 0 Å². The summed E-state index contributed by atoms with van der Waals surface area (Å²) in [7, 11) is -2.94. The maximum Gasteiger partial charge on any atom is 0.410 e. The summed E-state index contributed by atoms with van der Waals surface area (Å²) in [6, 6.07) is 22.4. The molecule has 2 atom stereocenters. The Morgan fingerprint density at radius 3 is 1.96 bits per heavy atom. The highest BCUT2D eigenvalue weighted by atomic mass is 35.5. The van der Waals surface area contributed by atoms with E-state index >= 15 is 0 Å². The minimum atomic E-state index is -2.94. The van der Waals surface area contributed by atoms with Crippen LogP contribution in [0.15, 0.2) is 72.8 Å². The van der Waals surface area contributed by atoms with Crippen LogP contribution >= 0.6 is 23.2 Å². The molecule has 0 spiro atoms. The van der Waals surface area contributed by atoms with Crippen LogP contribution in [0.5, 0.6) is 0 Å². The van der Waals surface area contributed by atoms with E-state index in [1.54, 1.807) is 34.6 Å². The van der Waals surface area contributed by atoms with Crippen molar-refractivity contribution in [3.8, 4) is 0 Å². The lowest BCUT2D eigenvalue weighted by Crippen LogP contribution is -2.68. The minimum Gasteiger partial charge on any atom is -0.444 e. The molecule has 254 valence electrons. The number of rotatable bonds is 8. The van der Waals surface area contributed by atoms with Gasteiger partial charge in [0, 0.05) is 5.56 Å². The van der Waals surface area contributed by atoms with Gasteiger partial charge in [0.25, 0.3) is 14.2 Å². The van der Waals surface area contributed by atoms with E-state index < -0.39 is 49.4 Å². The molecule has 47 heavy (non-hydrogen) atoms. The monoisotopic (exact) mass is 702 g/mol. The summed E-state index contributed by atoms with van der Waals surface area (Å²) in [5.41, 5.74) is -1.78. The predicted octanol–water partition coefficient (Wildman–Crippen LogP) is 7.06. The van der Waals surface area contributed by atoms with Gasteiger partial charge in [-0.1, -0.05) is 105 Å². The summed E-state index contributed by atoms with van der Waals surface area (Å²) in [6.45, 7) is 15.3. The third-order valence-electron chi connectivity index (χ3n) is 8.24. The largest absolute Gasteiger partial charge is 0.444 e. The van der Waals surface area contributed by atoms with Gasteiger partial charge in [0.2, 0.25) is 0 Å². The first-order chi connectivity index (χ1) is 21.9. The molecular weight excluding hydrogens is 658 g/mol. The van der Waals surface area contributed by atoms with Gasteiger partial charge in [0.05, 0.1) is 41.4 Å². The molecule has 1 N–H and O–H groups in total. The van der Waals surface area contributed by atoms with E-state index in [0.717, 1.165) is 16.4 Å². The van der Waals surface area contributed by atoms with Crippen molar-refractivity contribution in [3.05, 3.63) is 94.2 Å². The Kier molecular flexibility index (Phi) is 11.2. The zero-order chi connectivity index (χ0) is 34.8. The Balaban J connectivity index is 1.63. The van der Waals surface area contributed by atoms with Crippen LogP contribution in [-0.2, 0) is 24.2 Å². The van der Waals surface area contributed by atoms with Gasteiger partial charge in [-0.15, -0.1) is 0 Å². The third-order valence-corrected chi connectivity index (χ3v) is 14.0. The van der Waals surface area contributed by atoms with Crippen molar-refractivity contribution in [2.45, 2.75) is 83.7 Å². The molecule has 1 aliphatic heterocycles. The third kappa shape index (κ3) is 8.38. The summed E-state index contributed by atoms with van der Waals surface area (Å²) >= 11 is 12.1. The van der Waals surface area contributed by atoms with E-state index in [9.17, 15) is 14.0 Å². The lowest BCUT2D eigenvalue weighted by atomic mass is 9.93. The highest BCUT2D eigenvalue weighted by Gasteiger charge is 2.51. The van der Waals surface area contributed by atoms with Crippen LogP contribution < -0.4 is 15.7 Å². The van der Waals surface area contributed by atoms with Crippen molar-refractivity contribution in [3.63, 3.8) is 0 Å². The number of nitrogens with one attached hydrogen (secondary N) is 1. The number of nitrogens with zero attached hydrogens (tertiary/aromatic N) is 1. The van der Waals surface area contributed by atoms with Crippen LogP contribution in [0, 0.1) is 5.82 Å². The van der Waals surface area contributed by atoms with E-state index in [2.05, 4.69) is 50.4 Å². The van der Waals surface area contributed by atoms with Crippen LogP contribution in [0.2, 0.25) is 15.1 Å². The highest BCUT2D eigenvalue weighted by Crippen LogP contribution is 2.37. The van der Waals surface area contributed by atoms with Gasteiger partial charge in [-0.3, -0.25) is 9.69 Å². The fourth-order valence-corrected chi connectivity index (χ4v) is 10.9. The second-order valence-electron chi connectivity index (χ2n) is 14.4. The molecule has 3 aromatic rings. The quantitative estimate of drug-likeness (QED) is 0.201. The zero-order valence-corrected chi connectivity index (χ0v) is 30.8.